The van der Waals surface area contributed by atoms with Gasteiger partial charge in [-0.2, -0.15) is 0 Å². The number of rotatable bonds is 0. The van der Waals surface area contributed by atoms with E-state index in [1.807, 2.05) is 13.0 Å². The first-order valence-corrected chi connectivity index (χ1v) is 4.30. The molecule has 12 heavy (non-hydrogen) atoms. The summed E-state index contributed by atoms with van der Waals surface area (Å²) in [5, 5.41) is 0.617. The van der Waals surface area contributed by atoms with E-state index in [9.17, 15) is 0 Å². The van der Waals surface area contributed by atoms with Crippen LogP contribution in [0.4, 0.5) is 5.69 Å². The topological polar surface area (TPSA) is 35.2 Å². The highest BCUT2D eigenvalue weighted by molar-refractivity contribution is 6.33. The molecule has 1 heterocycles. The maximum atomic E-state index is 5.86. The van der Waals surface area contributed by atoms with E-state index < -0.39 is 0 Å². The number of hydrogen-bond acceptors (Lipinski definition) is 2. The highest BCUT2D eigenvalue weighted by Crippen LogP contribution is 2.36. The van der Waals surface area contributed by atoms with Crippen molar-refractivity contribution in [1.82, 2.24) is 0 Å². The van der Waals surface area contributed by atoms with Crippen LogP contribution in [-0.4, -0.2) is 6.10 Å². The van der Waals surface area contributed by atoms with Gasteiger partial charge in [-0.15, -0.1) is 0 Å². The number of halogens is 1. The molecule has 1 aromatic rings. The van der Waals surface area contributed by atoms with Gasteiger partial charge in [0.1, 0.15) is 11.9 Å². The normalized spacial score (nSPS) is 20.3. The van der Waals surface area contributed by atoms with Crippen molar-refractivity contribution in [1.29, 1.82) is 0 Å². The zero-order valence-electron chi connectivity index (χ0n) is 6.80. The summed E-state index contributed by atoms with van der Waals surface area (Å²) < 4.78 is 5.50. The second-order valence-electron chi connectivity index (χ2n) is 3.07. The molecule has 2 nitrogen and oxygen atoms in total. The minimum atomic E-state index is 0.223. The third-order valence-electron chi connectivity index (χ3n) is 2.08. The average Bonchev–Trinajstić information content (AvgIpc) is 2.39. The lowest BCUT2D eigenvalue weighted by Gasteiger charge is -2.03. The maximum Gasteiger partial charge on any atom is 0.125 e. The van der Waals surface area contributed by atoms with Crippen LogP contribution in [0.1, 0.15) is 12.5 Å². The Kier molecular flexibility index (Phi) is 1.65. The first-order valence-electron chi connectivity index (χ1n) is 3.92. The van der Waals surface area contributed by atoms with E-state index in [1.54, 1.807) is 6.07 Å². The van der Waals surface area contributed by atoms with E-state index in [2.05, 4.69) is 0 Å². The second kappa shape index (κ2) is 2.56. The Morgan fingerprint density at radius 1 is 1.58 bits per heavy atom. The summed E-state index contributed by atoms with van der Waals surface area (Å²) in [5.41, 5.74) is 7.50. The molecule has 0 saturated carbocycles. The van der Waals surface area contributed by atoms with Crippen LogP contribution < -0.4 is 10.5 Å². The molecular weight excluding hydrogens is 174 g/mol. The molecule has 64 valence electrons. The van der Waals surface area contributed by atoms with E-state index in [4.69, 9.17) is 22.1 Å². The van der Waals surface area contributed by atoms with E-state index >= 15 is 0 Å². The fourth-order valence-electron chi connectivity index (χ4n) is 1.48. The summed E-state index contributed by atoms with van der Waals surface area (Å²) >= 11 is 5.86. The molecule has 1 aromatic carbocycles. The number of nitrogens with two attached hydrogens (primary N) is 1. The standard InChI is InChI=1S/C9H10ClNO/c1-5-4-6-8(12-5)3-2-7(10)9(6)11/h2-3,5H,4,11H2,1H3. The number of fused-ring (bicyclic) bond motifs is 1. The molecule has 1 aliphatic heterocycles. The minimum absolute atomic E-state index is 0.223. The molecule has 0 aliphatic carbocycles. The zero-order chi connectivity index (χ0) is 8.72. The summed E-state index contributed by atoms with van der Waals surface area (Å²) in [6, 6.07) is 3.64. The van der Waals surface area contributed by atoms with Crippen molar-refractivity contribution < 1.29 is 4.74 Å². The Morgan fingerprint density at radius 3 is 3.08 bits per heavy atom. The maximum absolute atomic E-state index is 5.86. The van der Waals surface area contributed by atoms with Gasteiger partial charge in [0.2, 0.25) is 0 Å². The van der Waals surface area contributed by atoms with Crippen molar-refractivity contribution in [2.24, 2.45) is 0 Å². The summed E-state index contributed by atoms with van der Waals surface area (Å²) in [4.78, 5) is 0. The largest absolute Gasteiger partial charge is 0.490 e. The first kappa shape index (κ1) is 7.74. The Balaban J connectivity index is 2.54. The Labute approximate surface area is 76.3 Å². The highest BCUT2D eigenvalue weighted by atomic mass is 35.5. The van der Waals surface area contributed by atoms with Gasteiger partial charge in [0, 0.05) is 12.0 Å². The molecule has 1 aliphatic rings. The van der Waals surface area contributed by atoms with Crippen molar-refractivity contribution in [3.05, 3.63) is 22.7 Å². The highest BCUT2D eigenvalue weighted by Gasteiger charge is 2.21. The summed E-state index contributed by atoms with van der Waals surface area (Å²) in [7, 11) is 0. The molecule has 0 bridgehead atoms. The van der Waals surface area contributed by atoms with Gasteiger partial charge in [0.15, 0.2) is 0 Å². The van der Waals surface area contributed by atoms with Crippen LogP contribution in [0.25, 0.3) is 0 Å². The second-order valence-corrected chi connectivity index (χ2v) is 3.48. The molecule has 0 aromatic heterocycles. The smallest absolute Gasteiger partial charge is 0.125 e. The molecule has 2 rings (SSSR count). The van der Waals surface area contributed by atoms with Crippen LogP contribution >= 0.6 is 11.6 Å². The fourth-order valence-corrected chi connectivity index (χ4v) is 1.66. The fraction of sp³-hybridized carbons (Fsp3) is 0.333. The number of benzene rings is 1. The molecule has 0 saturated heterocycles. The van der Waals surface area contributed by atoms with Crippen LogP contribution in [0.5, 0.6) is 5.75 Å². The monoisotopic (exact) mass is 183 g/mol. The molecule has 1 atom stereocenters. The lowest BCUT2D eigenvalue weighted by molar-refractivity contribution is 0.254. The minimum Gasteiger partial charge on any atom is -0.490 e. The third-order valence-corrected chi connectivity index (χ3v) is 2.41. The van der Waals surface area contributed by atoms with E-state index in [0.29, 0.717) is 10.7 Å². The van der Waals surface area contributed by atoms with Crippen molar-refractivity contribution in [3.63, 3.8) is 0 Å². The molecule has 0 fully saturated rings. The Morgan fingerprint density at radius 2 is 2.33 bits per heavy atom. The first-order chi connectivity index (χ1) is 5.68. The van der Waals surface area contributed by atoms with Gasteiger partial charge in [-0.05, 0) is 19.1 Å². The van der Waals surface area contributed by atoms with Crippen LogP contribution in [0, 0.1) is 0 Å². The van der Waals surface area contributed by atoms with Crippen molar-refractivity contribution >= 4 is 17.3 Å². The number of nitrogen functional groups attached to an aromatic ring is 1. The van der Waals surface area contributed by atoms with Gasteiger partial charge in [0.05, 0.1) is 10.7 Å². The summed E-state index contributed by atoms with van der Waals surface area (Å²) in [6.07, 6.45) is 1.09. The number of ether oxygens (including phenoxy) is 1. The molecule has 0 radical (unpaired) electrons. The van der Waals surface area contributed by atoms with E-state index in [-0.39, 0.29) is 6.10 Å². The summed E-state index contributed by atoms with van der Waals surface area (Å²) in [6.45, 7) is 2.02. The predicted octanol–water partition coefficient (Wildman–Crippen LogP) is 2.25. The zero-order valence-corrected chi connectivity index (χ0v) is 7.56. The molecule has 0 amide bonds. The van der Waals surface area contributed by atoms with Gasteiger partial charge in [0.25, 0.3) is 0 Å². The van der Waals surface area contributed by atoms with Gasteiger partial charge < -0.3 is 10.5 Å². The van der Waals surface area contributed by atoms with Crippen LogP contribution in [0.15, 0.2) is 12.1 Å². The lowest BCUT2D eigenvalue weighted by atomic mass is 10.1. The Hall–Kier alpha value is -0.890. The quantitative estimate of drug-likeness (QED) is 0.627. The SMILES string of the molecule is CC1Cc2c(ccc(Cl)c2N)O1. The third kappa shape index (κ3) is 1.03. The van der Waals surface area contributed by atoms with Gasteiger partial charge in [-0.25, -0.2) is 0 Å². The molecule has 0 spiro atoms. The molecular formula is C9H10ClNO. The van der Waals surface area contributed by atoms with Crippen LogP contribution in [0.3, 0.4) is 0 Å². The van der Waals surface area contributed by atoms with E-state index in [0.717, 1.165) is 17.7 Å². The summed E-state index contributed by atoms with van der Waals surface area (Å²) in [5.74, 6) is 0.879. The molecule has 1 unspecified atom stereocenters. The van der Waals surface area contributed by atoms with Gasteiger partial charge >= 0.3 is 0 Å². The Bertz CT molecular complexity index is 325. The van der Waals surface area contributed by atoms with Crippen molar-refractivity contribution in [2.45, 2.75) is 19.4 Å². The van der Waals surface area contributed by atoms with Crippen molar-refractivity contribution in [2.75, 3.05) is 5.73 Å². The average molecular weight is 184 g/mol. The number of anilines is 1. The molecule has 3 heteroatoms. The van der Waals surface area contributed by atoms with Crippen LogP contribution in [0.2, 0.25) is 5.02 Å². The van der Waals surface area contributed by atoms with Gasteiger partial charge in [-0.1, -0.05) is 11.6 Å². The van der Waals surface area contributed by atoms with E-state index in [1.165, 1.54) is 0 Å². The van der Waals surface area contributed by atoms with Crippen molar-refractivity contribution in [3.8, 4) is 5.75 Å². The van der Waals surface area contributed by atoms with Crippen LogP contribution in [-0.2, 0) is 6.42 Å². The number of hydrogen-bond donors (Lipinski definition) is 1. The van der Waals surface area contributed by atoms with Gasteiger partial charge in [-0.3, -0.25) is 0 Å². The molecule has 2 N–H and O–H groups in total. The predicted molar refractivity (Wildman–Crippen MR) is 49.7 cm³/mol. The lowest BCUT2D eigenvalue weighted by Crippen LogP contribution is -2.05.